The van der Waals surface area contributed by atoms with E-state index in [2.05, 4.69) is 57.1 Å². The Bertz CT molecular complexity index is 396. The first-order chi connectivity index (χ1) is 8.52. The van der Waals surface area contributed by atoms with Crippen molar-refractivity contribution in [3.8, 4) is 0 Å². The van der Waals surface area contributed by atoms with E-state index in [0.717, 1.165) is 5.92 Å². The normalized spacial score (nSPS) is 28.6. The number of rotatable bonds is 3. The predicted octanol–water partition coefficient (Wildman–Crippen LogP) is 4.00. The zero-order valence-electron chi connectivity index (χ0n) is 12.4. The number of nitrogens with zero attached hydrogens (tertiary/aromatic N) is 1. The van der Waals surface area contributed by atoms with Crippen molar-refractivity contribution >= 4 is 0 Å². The van der Waals surface area contributed by atoms with Gasteiger partial charge in [-0.05, 0) is 50.8 Å². The van der Waals surface area contributed by atoms with Gasteiger partial charge in [-0.25, -0.2) is 0 Å². The average molecular weight is 245 g/mol. The van der Waals surface area contributed by atoms with Crippen LogP contribution in [0.3, 0.4) is 0 Å². The first kappa shape index (κ1) is 13.6. The summed E-state index contributed by atoms with van der Waals surface area (Å²) in [5.41, 5.74) is 3.31. The molecule has 18 heavy (non-hydrogen) atoms. The summed E-state index contributed by atoms with van der Waals surface area (Å²) in [5, 5.41) is 0. The van der Waals surface area contributed by atoms with Crippen molar-refractivity contribution in [2.24, 2.45) is 5.92 Å². The minimum absolute atomic E-state index is 0.370. The van der Waals surface area contributed by atoms with Gasteiger partial charge in [0, 0.05) is 6.54 Å². The third-order valence-corrected chi connectivity index (χ3v) is 4.66. The van der Waals surface area contributed by atoms with Gasteiger partial charge >= 0.3 is 0 Å². The molecule has 0 aliphatic heterocycles. The van der Waals surface area contributed by atoms with Gasteiger partial charge in [-0.15, -0.1) is 0 Å². The molecule has 0 amide bonds. The van der Waals surface area contributed by atoms with Crippen LogP contribution < -0.4 is 0 Å². The standard InChI is InChI=1S/C17H27N/c1-14-8-7-10-15(12-14)17(2)11-6-5-9-16(17)13-18(3)4/h7-8,10,12,16H,5-6,9,11,13H2,1-4H3. The molecule has 1 aromatic carbocycles. The Morgan fingerprint density at radius 1 is 1.28 bits per heavy atom. The SMILES string of the molecule is Cc1cccc(C2(C)CCCCC2CN(C)C)c1. The number of aryl methyl sites for hydroxylation is 1. The third-order valence-electron chi connectivity index (χ3n) is 4.66. The van der Waals surface area contributed by atoms with Gasteiger partial charge in [0.2, 0.25) is 0 Å². The summed E-state index contributed by atoms with van der Waals surface area (Å²) in [7, 11) is 4.40. The molecule has 1 heteroatoms. The Balaban J connectivity index is 2.29. The van der Waals surface area contributed by atoms with Crippen molar-refractivity contribution < 1.29 is 0 Å². The smallest absolute Gasteiger partial charge is 0.00120 e. The number of hydrogen-bond donors (Lipinski definition) is 0. The molecule has 1 saturated carbocycles. The lowest BCUT2D eigenvalue weighted by molar-refractivity contribution is 0.160. The monoisotopic (exact) mass is 245 g/mol. The highest BCUT2D eigenvalue weighted by molar-refractivity contribution is 5.30. The van der Waals surface area contributed by atoms with Crippen LogP contribution in [0.4, 0.5) is 0 Å². The second kappa shape index (κ2) is 5.44. The predicted molar refractivity (Wildman–Crippen MR) is 79.0 cm³/mol. The fraction of sp³-hybridized carbons (Fsp3) is 0.647. The fourth-order valence-electron chi connectivity index (χ4n) is 3.52. The lowest BCUT2D eigenvalue weighted by Gasteiger charge is -2.43. The summed E-state index contributed by atoms with van der Waals surface area (Å²) >= 11 is 0. The van der Waals surface area contributed by atoms with Gasteiger partial charge in [-0.2, -0.15) is 0 Å². The summed E-state index contributed by atoms with van der Waals surface area (Å²) < 4.78 is 0. The second-order valence-corrected chi connectivity index (χ2v) is 6.49. The van der Waals surface area contributed by atoms with Gasteiger partial charge in [-0.1, -0.05) is 49.6 Å². The molecule has 1 fully saturated rings. The minimum atomic E-state index is 0.370. The Hall–Kier alpha value is -0.820. The van der Waals surface area contributed by atoms with E-state index in [1.807, 2.05) is 0 Å². The zero-order chi connectivity index (χ0) is 13.2. The molecule has 1 aliphatic carbocycles. The Kier molecular flexibility index (Phi) is 4.11. The molecule has 1 aliphatic rings. The summed E-state index contributed by atoms with van der Waals surface area (Å²) in [6, 6.07) is 9.16. The molecule has 2 rings (SSSR count). The lowest BCUT2D eigenvalue weighted by atomic mass is 9.63. The van der Waals surface area contributed by atoms with Crippen molar-refractivity contribution in [2.45, 2.75) is 44.9 Å². The number of hydrogen-bond acceptors (Lipinski definition) is 1. The molecule has 2 atom stereocenters. The summed E-state index contributed by atoms with van der Waals surface area (Å²) in [6.45, 7) is 5.90. The molecule has 0 bridgehead atoms. The van der Waals surface area contributed by atoms with E-state index in [0.29, 0.717) is 5.41 Å². The Morgan fingerprint density at radius 3 is 2.72 bits per heavy atom. The number of benzene rings is 1. The van der Waals surface area contributed by atoms with Crippen LogP contribution in [0.25, 0.3) is 0 Å². The molecule has 1 aromatic rings. The van der Waals surface area contributed by atoms with Crippen LogP contribution in [0.5, 0.6) is 0 Å². The molecule has 100 valence electrons. The van der Waals surface area contributed by atoms with Gasteiger partial charge in [0.05, 0.1) is 0 Å². The molecule has 0 aromatic heterocycles. The van der Waals surface area contributed by atoms with Crippen molar-refractivity contribution in [1.29, 1.82) is 0 Å². The summed E-state index contributed by atoms with van der Waals surface area (Å²) in [5.74, 6) is 0.794. The van der Waals surface area contributed by atoms with Crippen molar-refractivity contribution in [3.05, 3.63) is 35.4 Å². The molecular weight excluding hydrogens is 218 g/mol. The maximum absolute atomic E-state index is 2.48. The van der Waals surface area contributed by atoms with E-state index in [-0.39, 0.29) is 0 Å². The van der Waals surface area contributed by atoms with E-state index in [4.69, 9.17) is 0 Å². The Morgan fingerprint density at radius 2 is 2.06 bits per heavy atom. The highest BCUT2D eigenvalue weighted by Gasteiger charge is 2.37. The first-order valence-corrected chi connectivity index (χ1v) is 7.24. The minimum Gasteiger partial charge on any atom is -0.309 e. The topological polar surface area (TPSA) is 3.24 Å². The van der Waals surface area contributed by atoms with Gasteiger partial charge in [-0.3, -0.25) is 0 Å². The van der Waals surface area contributed by atoms with E-state index in [1.54, 1.807) is 5.56 Å². The highest BCUT2D eigenvalue weighted by Crippen LogP contribution is 2.43. The third kappa shape index (κ3) is 2.77. The lowest BCUT2D eigenvalue weighted by Crippen LogP contribution is -2.40. The van der Waals surface area contributed by atoms with Gasteiger partial charge < -0.3 is 4.90 Å². The van der Waals surface area contributed by atoms with Gasteiger partial charge in [0.15, 0.2) is 0 Å². The van der Waals surface area contributed by atoms with E-state index in [9.17, 15) is 0 Å². The van der Waals surface area contributed by atoms with E-state index in [1.165, 1.54) is 37.8 Å². The molecule has 2 unspecified atom stereocenters. The fourth-order valence-corrected chi connectivity index (χ4v) is 3.52. The maximum Gasteiger partial charge on any atom is 0.00120 e. The van der Waals surface area contributed by atoms with Crippen LogP contribution in [0.1, 0.15) is 43.7 Å². The van der Waals surface area contributed by atoms with Crippen LogP contribution >= 0.6 is 0 Å². The molecule has 1 nitrogen and oxygen atoms in total. The summed E-state index contributed by atoms with van der Waals surface area (Å²) in [4.78, 5) is 2.35. The average Bonchev–Trinajstić information content (AvgIpc) is 2.32. The van der Waals surface area contributed by atoms with Crippen LogP contribution in [-0.4, -0.2) is 25.5 Å². The molecule has 0 saturated heterocycles. The van der Waals surface area contributed by atoms with Crippen LogP contribution in [-0.2, 0) is 5.41 Å². The van der Waals surface area contributed by atoms with E-state index < -0.39 is 0 Å². The first-order valence-electron chi connectivity index (χ1n) is 7.24. The van der Waals surface area contributed by atoms with Crippen molar-refractivity contribution in [1.82, 2.24) is 4.90 Å². The summed E-state index contributed by atoms with van der Waals surface area (Å²) in [6.07, 6.45) is 5.51. The van der Waals surface area contributed by atoms with Crippen LogP contribution in [0, 0.1) is 12.8 Å². The van der Waals surface area contributed by atoms with Crippen molar-refractivity contribution in [3.63, 3.8) is 0 Å². The van der Waals surface area contributed by atoms with Crippen LogP contribution in [0.2, 0.25) is 0 Å². The van der Waals surface area contributed by atoms with E-state index >= 15 is 0 Å². The molecule has 0 spiro atoms. The highest BCUT2D eigenvalue weighted by atomic mass is 15.1. The van der Waals surface area contributed by atoms with Gasteiger partial charge in [0.1, 0.15) is 0 Å². The molecule has 0 radical (unpaired) electrons. The largest absolute Gasteiger partial charge is 0.309 e. The Labute approximate surface area is 112 Å². The molecule has 0 heterocycles. The molecule has 0 N–H and O–H groups in total. The quantitative estimate of drug-likeness (QED) is 0.778. The van der Waals surface area contributed by atoms with Gasteiger partial charge in [0.25, 0.3) is 0 Å². The molecular formula is C17H27N. The van der Waals surface area contributed by atoms with Crippen molar-refractivity contribution in [2.75, 3.05) is 20.6 Å². The van der Waals surface area contributed by atoms with Crippen LogP contribution in [0.15, 0.2) is 24.3 Å². The zero-order valence-corrected chi connectivity index (χ0v) is 12.4. The maximum atomic E-state index is 2.48. The second-order valence-electron chi connectivity index (χ2n) is 6.49.